The normalized spacial score (nSPS) is 22.8. The number of halogens is 9. The molecule has 0 unspecified atom stereocenters. The molecular formula is C20H13Cl2F7N2O. The molecule has 172 valence electrons. The van der Waals surface area contributed by atoms with Crippen LogP contribution in [0.15, 0.2) is 41.6 Å². The molecule has 2 heterocycles. The first-order valence-corrected chi connectivity index (χ1v) is 9.91. The van der Waals surface area contributed by atoms with Crippen molar-refractivity contribution in [2.75, 3.05) is 13.1 Å². The van der Waals surface area contributed by atoms with Crippen LogP contribution in [-0.2, 0) is 22.3 Å². The summed E-state index contributed by atoms with van der Waals surface area (Å²) in [6.45, 7) is 0.235. The second-order valence-electron chi connectivity index (χ2n) is 7.59. The summed E-state index contributed by atoms with van der Waals surface area (Å²) in [5.74, 6) is 0. The van der Waals surface area contributed by atoms with Crippen LogP contribution in [0.4, 0.5) is 30.7 Å². The molecule has 0 bridgehead atoms. The highest BCUT2D eigenvalue weighted by molar-refractivity contribution is 6.42. The molecule has 32 heavy (non-hydrogen) atoms. The molecule has 1 fully saturated rings. The summed E-state index contributed by atoms with van der Waals surface area (Å²) in [6, 6.07) is 6.57. The van der Waals surface area contributed by atoms with Crippen molar-refractivity contribution in [1.82, 2.24) is 5.32 Å². The van der Waals surface area contributed by atoms with Crippen molar-refractivity contribution in [3.05, 3.63) is 68.7 Å². The molecule has 0 amide bonds. The summed E-state index contributed by atoms with van der Waals surface area (Å²) in [7, 11) is 0. The topological polar surface area (TPSA) is 33.6 Å². The van der Waals surface area contributed by atoms with Gasteiger partial charge in [0.25, 0.3) is 5.60 Å². The number of hydrogen-bond acceptors (Lipinski definition) is 3. The van der Waals surface area contributed by atoms with Crippen molar-refractivity contribution in [2.45, 2.75) is 30.0 Å². The lowest BCUT2D eigenvalue weighted by molar-refractivity contribution is -0.276. The van der Waals surface area contributed by atoms with Gasteiger partial charge in [-0.3, -0.25) is 0 Å². The fourth-order valence-corrected chi connectivity index (χ4v) is 4.03. The van der Waals surface area contributed by atoms with Gasteiger partial charge in [0, 0.05) is 25.1 Å². The average Bonchev–Trinajstić information content (AvgIpc) is 3.14. The van der Waals surface area contributed by atoms with Crippen LogP contribution in [0.1, 0.15) is 28.7 Å². The average molecular weight is 501 g/mol. The first-order valence-electron chi connectivity index (χ1n) is 9.16. The number of alkyl halides is 7. The number of rotatable bonds is 3. The van der Waals surface area contributed by atoms with E-state index in [-0.39, 0.29) is 30.4 Å². The van der Waals surface area contributed by atoms with E-state index < -0.39 is 51.2 Å². The third-order valence-electron chi connectivity index (χ3n) is 5.53. The zero-order valence-corrected chi connectivity index (χ0v) is 17.4. The Bertz CT molecular complexity index is 1080. The fourth-order valence-electron chi connectivity index (χ4n) is 3.60. The minimum atomic E-state index is -5.14. The molecule has 0 aliphatic carbocycles. The first-order chi connectivity index (χ1) is 14.8. The Morgan fingerprint density at radius 3 is 2.06 bits per heavy atom. The second-order valence-corrected chi connectivity index (χ2v) is 8.38. The van der Waals surface area contributed by atoms with Crippen molar-refractivity contribution in [3.8, 4) is 0 Å². The zero-order valence-electron chi connectivity index (χ0n) is 15.8. The summed E-state index contributed by atoms with van der Waals surface area (Å²) in [5, 5.41) is 4.68. The molecular weight excluding hydrogens is 488 g/mol. The third-order valence-corrected chi connectivity index (χ3v) is 6.33. The van der Waals surface area contributed by atoms with Crippen molar-refractivity contribution >= 4 is 28.9 Å². The van der Waals surface area contributed by atoms with E-state index in [2.05, 4.69) is 10.5 Å². The van der Waals surface area contributed by atoms with Crippen molar-refractivity contribution < 1.29 is 35.6 Å². The molecule has 1 atom stereocenters. The number of oxime groups is 1. The Morgan fingerprint density at radius 2 is 1.56 bits per heavy atom. The Labute approximate surface area is 187 Å². The van der Waals surface area contributed by atoms with Gasteiger partial charge in [0.05, 0.1) is 21.3 Å². The van der Waals surface area contributed by atoms with Gasteiger partial charge in [0.1, 0.15) is 0 Å². The van der Waals surface area contributed by atoms with Gasteiger partial charge >= 0.3 is 12.4 Å². The van der Waals surface area contributed by atoms with E-state index in [9.17, 15) is 30.7 Å². The molecule has 2 aliphatic heterocycles. The van der Waals surface area contributed by atoms with E-state index in [1.807, 2.05) is 0 Å². The van der Waals surface area contributed by atoms with Crippen molar-refractivity contribution in [3.63, 3.8) is 0 Å². The maximum Gasteiger partial charge on any atom is 0.435 e. The number of benzene rings is 2. The molecule has 12 heteroatoms. The molecule has 1 saturated heterocycles. The van der Waals surface area contributed by atoms with Gasteiger partial charge < -0.3 is 10.2 Å². The number of nitrogens with zero attached hydrogens (tertiary/aromatic N) is 1. The summed E-state index contributed by atoms with van der Waals surface area (Å²) < 4.78 is 96.7. The lowest BCUT2D eigenvalue weighted by Gasteiger charge is -2.35. The molecule has 3 nitrogen and oxygen atoms in total. The van der Waals surface area contributed by atoms with E-state index in [0.717, 1.165) is 0 Å². The van der Waals surface area contributed by atoms with Crippen LogP contribution >= 0.6 is 23.2 Å². The van der Waals surface area contributed by atoms with Gasteiger partial charge in [-0.25, -0.2) is 4.39 Å². The van der Waals surface area contributed by atoms with E-state index in [1.165, 1.54) is 24.3 Å². The van der Waals surface area contributed by atoms with Crippen LogP contribution in [0.2, 0.25) is 10.0 Å². The summed E-state index contributed by atoms with van der Waals surface area (Å²) >= 11 is 11.3. The lowest BCUT2D eigenvalue weighted by Crippen LogP contribution is -2.53. The Morgan fingerprint density at radius 1 is 0.938 bits per heavy atom. The molecule has 0 radical (unpaired) electrons. The molecule has 2 aliphatic rings. The van der Waals surface area contributed by atoms with Crippen LogP contribution in [0, 0.1) is 0 Å². The van der Waals surface area contributed by atoms with Gasteiger partial charge in [0.15, 0.2) is 5.67 Å². The highest BCUT2D eigenvalue weighted by Gasteiger charge is 2.63. The highest BCUT2D eigenvalue weighted by atomic mass is 35.5. The summed E-state index contributed by atoms with van der Waals surface area (Å²) in [6.07, 6.45) is -11.1. The quantitative estimate of drug-likeness (QED) is 0.497. The maximum atomic E-state index is 14.5. The third kappa shape index (κ3) is 3.72. The van der Waals surface area contributed by atoms with Gasteiger partial charge in [-0.2, -0.15) is 26.3 Å². The van der Waals surface area contributed by atoms with Gasteiger partial charge in [-0.05, 0) is 23.3 Å². The van der Waals surface area contributed by atoms with Gasteiger partial charge in [-0.1, -0.05) is 52.6 Å². The number of hydrogen-bond donors (Lipinski definition) is 1. The van der Waals surface area contributed by atoms with E-state index in [1.54, 1.807) is 0 Å². The van der Waals surface area contributed by atoms with E-state index in [4.69, 9.17) is 28.0 Å². The molecule has 0 aromatic heterocycles. The van der Waals surface area contributed by atoms with Crippen LogP contribution in [0.5, 0.6) is 0 Å². The predicted octanol–water partition coefficient (Wildman–Crippen LogP) is 6.36. The molecule has 2 aromatic carbocycles. The Balaban J connectivity index is 1.71. The molecule has 4 rings (SSSR count). The maximum absolute atomic E-state index is 14.5. The molecule has 1 N–H and O–H groups in total. The Hall–Kier alpha value is -2.04. The minimum Gasteiger partial charge on any atom is -0.374 e. The fraction of sp³-hybridized carbons (Fsp3) is 0.350. The van der Waals surface area contributed by atoms with E-state index >= 15 is 0 Å². The standard InChI is InChI=1S/C20H13Cl2F7N2O/c21-14-6-12(5-13(16(14)22)19(24,25)26)18(20(27,28)29)7-15(31-32-18)10-1-3-11(4-2-10)17(23)8-30-9-17/h1-6,30H,7-9H2/t18-/m1/s1. The second kappa shape index (κ2) is 7.50. The summed E-state index contributed by atoms with van der Waals surface area (Å²) in [5.41, 5.74) is -6.76. The van der Waals surface area contributed by atoms with E-state index in [0.29, 0.717) is 11.6 Å². The van der Waals surface area contributed by atoms with Crippen LogP contribution in [0.25, 0.3) is 0 Å². The van der Waals surface area contributed by atoms with Gasteiger partial charge in [-0.15, -0.1) is 0 Å². The van der Waals surface area contributed by atoms with Crippen LogP contribution in [-0.4, -0.2) is 25.0 Å². The first kappa shape index (κ1) is 23.1. The Kier molecular flexibility index (Phi) is 5.42. The van der Waals surface area contributed by atoms with Crippen LogP contribution in [0.3, 0.4) is 0 Å². The molecule has 0 spiro atoms. The van der Waals surface area contributed by atoms with Crippen LogP contribution < -0.4 is 5.32 Å². The minimum absolute atomic E-state index is 0.118. The molecule has 0 saturated carbocycles. The SMILES string of the molecule is FC(F)(F)c1cc([C@@]2(C(F)(F)F)CC(c3ccc(C4(F)CNC4)cc3)=NO2)cc(Cl)c1Cl. The lowest BCUT2D eigenvalue weighted by atomic mass is 9.85. The highest BCUT2D eigenvalue weighted by Crippen LogP contribution is 2.51. The predicted molar refractivity (Wildman–Crippen MR) is 104 cm³/mol. The van der Waals surface area contributed by atoms with Crippen molar-refractivity contribution in [2.24, 2.45) is 5.16 Å². The zero-order chi connectivity index (χ0) is 23.5. The summed E-state index contributed by atoms with van der Waals surface area (Å²) in [4.78, 5) is 4.76. The smallest absolute Gasteiger partial charge is 0.374 e. The van der Waals surface area contributed by atoms with Gasteiger partial charge in [0.2, 0.25) is 0 Å². The number of nitrogens with one attached hydrogen (secondary N) is 1. The monoisotopic (exact) mass is 500 g/mol. The van der Waals surface area contributed by atoms with Crippen molar-refractivity contribution in [1.29, 1.82) is 0 Å². The molecule has 2 aromatic rings. The largest absolute Gasteiger partial charge is 0.435 e.